The Morgan fingerprint density at radius 1 is 1.06 bits per heavy atom. The molecule has 2 N–H and O–H groups in total. The number of likely N-dealkylation sites (tertiary alicyclic amines) is 1. The lowest BCUT2D eigenvalue weighted by Gasteiger charge is -2.37. The number of halogens is 1. The van der Waals surface area contributed by atoms with Crippen molar-refractivity contribution in [3.05, 3.63) is 53.3 Å². The van der Waals surface area contributed by atoms with Crippen LogP contribution in [0.3, 0.4) is 0 Å². The molecule has 16 heteroatoms. The summed E-state index contributed by atoms with van der Waals surface area (Å²) in [5.41, 5.74) is -0.549. The van der Waals surface area contributed by atoms with Gasteiger partial charge in [0, 0.05) is 24.3 Å². The summed E-state index contributed by atoms with van der Waals surface area (Å²) in [7, 11) is -4.36. The molecule has 2 amide bonds. The van der Waals surface area contributed by atoms with Crippen molar-refractivity contribution in [1.29, 1.82) is 0 Å². The minimum absolute atomic E-state index is 0.131. The number of anilines is 1. The van der Waals surface area contributed by atoms with Gasteiger partial charge in [-0.2, -0.15) is 8.42 Å². The van der Waals surface area contributed by atoms with Gasteiger partial charge >= 0.3 is 6.09 Å². The van der Waals surface area contributed by atoms with Crippen molar-refractivity contribution in [3.8, 4) is 11.7 Å². The Balaban J connectivity index is 0.979. The van der Waals surface area contributed by atoms with E-state index < -0.39 is 27.1 Å². The van der Waals surface area contributed by atoms with Crippen LogP contribution in [-0.2, 0) is 19.5 Å². The molecule has 3 aromatic rings. The molecule has 1 saturated heterocycles. The average molecular weight is 744 g/mol. The topological polar surface area (TPSA) is 167 Å². The van der Waals surface area contributed by atoms with Crippen molar-refractivity contribution in [1.82, 2.24) is 29.4 Å². The predicted molar refractivity (Wildman–Crippen MR) is 190 cm³/mol. The number of pyridine rings is 2. The van der Waals surface area contributed by atoms with E-state index in [4.69, 9.17) is 25.8 Å². The number of nitrogens with zero attached hydrogens (tertiary/aromatic N) is 5. The highest BCUT2D eigenvalue weighted by Gasteiger charge is 2.54. The summed E-state index contributed by atoms with van der Waals surface area (Å²) >= 11 is 6.33. The molecule has 1 spiro atoms. The lowest BCUT2D eigenvalue weighted by atomic mass is 9.69. The molecule has 0 radical (unpaired) electrons. The quantitative estimate of drug-likeness (QED) is 0.165. The van der Waals surface area contributed by atoms with Crippen molar-refractivity contribution in [2.75, 3.05) is 31.6 Å². The molecule has 2 atom stereocenters. The standard InChI is InChI=1S/C35H46ClN7O7S/c1-33(2,3)50-32(45)42-22-24(21-34(42,4)5)48-20-17-37-26-7-6-8-29(38-26)51(46,47)41-31(44)25-9-10-27(39-30(25)36)43-18-12-28(40-43)49-19-13-23-11-14-35(23)15-16-35/h6-10,12,18,23-24H,11,13-17,19-22H2,1-5H3,(H,37,38)(H,41,44). The van der Waals surface area contributed by atoms with Gasteiger partial charge in [-0.1, -0.05) is 17.7 Å². The highest BCUT2D eigenvalue weighted by molar-refractivity contribution is 7.90. The fourth-order valence-electron chi connectivity index (χ4n) is 6.80. The van der Waals surface area contributed by atoms with E-state index in [9.17, 15) is 18.0 Å². The van der Waals surface area contributed by atoms with E-state index in [0.29, 0.717) is 43.2 Å². The summed E-state index contributed by atoms with van der Waals surface area (Å²) in [6.07, 6.45) is 8.08. The van der Waals surface area contributed by atoms with Crippen molar-refractivity contribution in [2.24, 2.45) is 11.3 Å². The average Bonchev–Trinajstić information content (AvgIpc) is 3.66. The summed E-state index contributed by atoms with van der Waals surface area (Å²) in [6.45, 7) is 11.0. The maximum atomic E-state index is 13.1. The monoisotopic (exact) mass is 743 g/mol. The molecule has 51 heavy (non-hydrogen) atoms. The molecule has 2 unspecified atom stereocenters. The molecule has 0 aromatic carbocycles. The van der Waals surface area contributed by atoms with Crippen LogP contribution in [0.5, 0.6) is 5.88 Å². The fourth-order valence-corrected chi connectivity index (χ4v) is 7.97. The van der Waals surface area contributed by atoms with Gasteiger partial charge in [0.15, 0.2) is 10.8 Å². The van der Waals surface area contributed by atoms with Crippen molar-refractivity contribution < 1.29 is 32.2 Å². The smallest absolute Gasteiger partial charge is 0.410 e. The highest BCUT2D eigenvalue weighted by Crippen LogP contribution is 2.65. The van der Waals surface area contributed by atoms with Crippen molar-refractivity contribution in [2.45, 2.75) is 95.4 Å². The van der Waals surface area contributed by atoms with Crippen LogP contribution in [0.2, 0.25) is 5.15 Å². The van der Waals surface area contributed by atoms with Gasteiger partial charge in [-0.15, -0.1) is 5.10 Å². The molecule has 6 rings (SSSR count). The van der Waals surface area contributed by atoms with Crippen LogP contribution in [-0.4, -0.2) is 88.6 Å². The molecule has 3 aromatic heterocycles. The van der Waals surface area contributed by atoms with Crippen LogP contribution >= 0.6 is 11.6 Å². The molecule has 276 valence electrons. The molecule has 3 aliphatic rings. The number of amides is 2. The maximum absolute atomic E-state index is 13.1. The Bertz CT molecular complexity index is 1870. The van der Waals surface area contributed by atoms with Gasteiger partial charge in [0.1, 0.15) is 16.6 Å². The number of aromatic nitrogens is 4. The second kappa shape index (κ2) is 14.2. The lowest BCUT2D eigenvalue weighted by Crippen LogP contribution is -2.45. The number of rotatable bonds is 13. The molecule has 4 heterocycles. The molecular weight excluding hydrogens is 698 g/mol. The Morgan fingerprint density at radius 2 is 1.84 bits per heavy atom. The predicted octanol–water partition coefficient (Wildman–Crippen LogP) is 5.61. The zero-order valence-corrected chi connectivity index (χ0v) is 31.2. The molecule has 3 fully saturated rings. The first-order valence-corrected chi connectivity index (χ1v) is 19.2. The van der Waals surface area contributed by atoms with Gasteiger partial charge in [-0.05, 0) is 109 Å². The second-order valence-electron chi connectivity index (χ2n) is 15.2. The van der Waals surface area contributed by atoms with Gasteiger partial charge in [-0.25, -0.2) is 24.2 Å². The first kappa shape index (κ1) is 36.8. The number of sulfonamides is 1. The van der Waals surface area contributed by atoms with Gasteiger partial charge in [-0.3, -0.25) is 4.79 Å². The summed E-state index contributed by atoms with van der Waals surface area (Å²) in [4.78, 5) is 35.8. The first-order valence-electron chi connectivity index (χ1n) is 17.3. The van der Waals surface area contributed by atoms with Gasteiger partial charge in [0.2, 0.25) is 5.88 Å². The Kier molecular flexibility index (Phi) is 10.3. The number of nitrogens with one attached hydrogen (secondary N) is 2. The third-order valence-electron chi connectivity index (χ3n) is 9.79. The summed E-state index contributed by atoms with van der Waals surface area (Å²) < 4.78 is 47.1. The molecule has 1 aliphatic heterocycles. The van der Waals surface area contributed by atoms with Crippen molar-refractivity contribution in [3.63, 3.8) is 0 Å². The number of hydrogen-bond donors (Lipinski definition) is 2. The normalized spacial score (nSPS) is 20.5. The minimum Gasteiger partial charge on any atom is -0.477 e. The van der Waals surface area contributed by atoms with Gasteiger partial charge < -0.3 is 24.4 Å². The SMILES string of the molecule is CC(C)(C)OC(=O)N1CC(OCCNc2cccc(S(=O)(=O)NC(=O)c3ccc(-n4ccc(OCCC5CCC56CC6)n4)nc3Cl)n2)CC1(C)C. The van der Waals surface area contributed by atoms with Crippen LogP contribution in [0.1, 0.15) is 83.5 Å². The summed E-state index contributed by atoms with van der Waals surface area (Å²) in [5, 5.41) is 6.90. The number of carbonyl (C=O) groups excluding carboxylic acids is 2. The number of ether oxygens (including phenoxy) is 3. The van der Waals surface area contributed by atoms with E-state index in [0.717, 1.165) is 12.3 Å². The molecule has 14 nitrogen and oxygen atoms in total. The van der Waals surface area contributed by atoms with Crippen LogP contribution < -0.4 is 14.8 Å². The number of hydrogen-bond acceptors (Lipinski definition) is 11. The van der Waals surface area contributed by atoms with Crippen LogP contribution in [0.4, 0.5) is 10.6 Å². The van der Waals surface area contributed by atoms with E-state index in [2.05, 4.69) is 20.4 Å². The molecule has 2 saturated carbocycles. The highest BCUT2D eigenvalue weighted by atomic mass is 35.5. The van der Waals surface area contributed by atoms with E-state index in [1.165, 1.54) is 54.6 Å². The molecular formula is C35H46ClN7O7S. The van der Waals surface area contributed by atoms with Gasteiger partial charge in [0.25, 0.3) is 15.9 Å². The van der Waals surface area contributed by atoms with E-state index in [1.807, 2.05) is 39.3 Å². The minimum atomic E-state index is -4.36. The zero-order valence-electron chi connectivity index (χ0n) is 29.6. The Labute approximate surface area is 303 Å². The largest absolute Gasteiger partial charge is 0.477 e. The lowest BCUT2D eigenvalue weighted by molar-refractivity contribution is 0.0105. The fraction of sp³-hybridized carbons (Fsp3) is 0.571. The summed E-state index contributed by atoms with van der Waals surface area (Å²) in [5.74, 6) is 0.874. The third kappa shape index (κ3) is 8.75. The van der Waals surface area contributed by atoms with E-state index in [1.54, 1.807) is 23.2 Å². The second-order valence-corrected chi connectivity index (χ2v) is 17.2. The maximum Gasteiger partial charge on any atom is 0.410 e. The van der Waals surface area contributed by atoms with Crippen LogP contribution in [0.25, 0.3) is 5.82 Å². The Morgan fingerprint density at radius 3 is 2.53 bits per heavy atom. The summed E-state index contributed by atoms with van der Waals surface area (Å²) in [6, 6.07) is 9.02. The Hall–Kier alpha value is -3.95. The third-order valence-corrected chi connectivity index (χ3v) is 11.3. The van der Waals surface area contributed by atoms with Gasteiger partial charge in [0.05, 0.1) is 31.4 Å². The van der Waals surface area contributed by atoms with Crippen LogP contribution in [0, 0.1) is 11.3 Å². The van der Waals surface area contributed by atoms with E-state index in [-0.39, 0.29) is 40.4 Å². The van der Waals surface area contributed by atoms with E-state index >= 15 is 0 Å². The first-order chi connectivity index (χ1) is 24.0. The molecule has 0 bridgehead atoms. The van der Waals surface area contributed by atoms with Crippen LogP contribution in [0.15, 0.2) is 47.6 Å². The van der Waals surface area contributed by atoms with Crippen molar-refractivity contribution >= 4 is 39.4 Å². The molecule has 2 aliphatic carbocycles. The zero-order chi connectivity index (χ0) is 36.6. The number of carbonyl (C=O) groups is 2.